The monoisotopic (exact) mass is 236 g/mol. The van der Waals surface area contributed by atoms with Crippen LogP contribution in [0.2, 0.25) is 0 Å². The van der Waals surface area contributed by atoms with E-state index in [9.17, 15) is 0 Å². The van der Waals surface area contributed by atoms with Crippen LogP contribution < -0.4 is 15.8 Å². The van der Waals surface area contributed by atoms with Crippen molar-refractivity contribution in [3.63, 3.8) is 0 Å². The lowest BCUT2D eigenvalue weighted by Crippen LogP contribution is -2.09. The lowest BCUT2D eigenvalue weighted by molar-refractivity contribution is 0.283. The van der Waals surface area contributed by atoms with Crippen LogP contribution in [0.4, 0.5) is 11.8 Å². The Hall–Kier alpha value is -1.82. The first-order chi connectivity index (χ1) is 8.17. The number of hydrogen-bond donors (Lipinski definition) is 3. The van der Waals surface area contributed by atoms with Crippen LogP contribution in [-0.4, -0.2) is 34.3 Å². The Kier molecular flexibility index (Phi) is 3.43. The van der Waals surface area contributed by atoms with Gasteiger partial charge in [0.1, 0.15) is 12.4 Å². The van der Waals surface area contributed by atoms with Crippen molar-refractivity contribution in [1.29, 1.82) is 0 Å². The van der Waals surface area contributed by atoms with Crippen LogP contribution in [0.25, 0.3) is 0 Å². The van der Waals surface area contributed by atoms with Gasteiger partial charge >= 0.3 is 0 Å². The summed E-state index contributed by atoms with van der Waals surface area (Å²) in [7, 11) is 0. The van der Waals surface area contributed by atoms with Crippen molar-refractivity contribution < 1.29 is 9.84 Å². The molecule has 1 aromatic heterocycles. The summed E-state index contributed by atoms with van der Waals surface area (Å²) in [6.45, 7) is 3.74. The lowest BCUT2D eigenvalue weighted by atomic mass is 10.3. The zero-order valence-electron chi connectivity index (χ0n) is 9.52. The molecule has 4 N–H and O–H groups in total. The van der Waals surface area contributed by atoms with Crippen molar-refractivity contribution in [3.05, 3.63) is 18.2 Å². The van der Waals surface area contributed by atoms with E-state index < -0.39 is 0 Å². The minimum Gasteiger partial charge on any atom is -0.473 e. The number of ether oxygens (including phenoxy) is 1. The second-order valence-corrected chi connectivity index (χ2v) is 4.07. The van der Waals surface area contributed by atoms with Crippen molar-refractivity contribution in [2.24, 2.45) is 0 Å². The van der Waals surface area contributed by atoms with E-state index in [2.05, 4.69) is 21.9 Å². The highest BCUT2D eigenvalue weighted by atomic mass is 16.5. The van der Waals surface area contributed by atoms with Gasteiger partial charge in [-0.1, -0.05) is 6.58 Å². The van der Waals surface area contributed by atoms with Crippen LogP contribution in [0, 0.1) is 0 Å². The number of nitrogens with zero attached hydrogens (tertiary/aromatic N) is 2. The maximum absolute atomic E-state index is 8.80. The predicted molar refractivity (Wildman–Crippen MR) is 64.8 cm³/mol. The quantitative estimate of drug-likeness (QED) is 0.625. The molecule has 0 unspecified atom stereocenters. The molecule has 1 aliphatic rings. The van der Waals surface area contributed by atoms with Crippen molar-refractivity contribution in [1.82, 2.24) is 9.97 Å². The Morgan fingerprint density at radius 3 is 3.00 bits per heavy atom. The molecule has 0 spiro atoms. The fraction of sp³-hybridized carbons (Fsp3) is 0.455. The fourth-order valence-corrected chi connectivity index (χ4v) is 1.25. The molecule has 0 amide bonds. The lowest BCUT2D eigenvalue weighted by Gasteiger charge is -2.09. The van der Waals surface area contributed by atoms with Gasteiger partial charge in [0.05, 0.1) is 6.61 Å². The molecule has 0 atom stereocenters. The maximum atomic E-state index is 8.80. The molecule has 1 aromatic rings. The van der Waals surface area contributed by atoms with Crippen molar-refractivity contribution in [3.8, 4) is 5.88 Å². The van der Waals surface area contributed by atoms with Gasteiger partial charge in [-0.25, -0.2) is 0 Å². The van der Waals surface area contributed by atoms with Crippen LogP contribution >= 0.6 is 0 Å². The molecular formula is C11H16N4O2. The number of rotatable bonds is 6. The highest BCUT2D eigenvalue weighted by molar-refractivity contribution is 5.44. The van der Waals surface area contributed by atoms with Crippen LogP contribution in [0.5, 0.6) is 5.88 Å². The van der Waals surface area contributed by atoms with E-state index >= 15 is 0 Å². The normalized spacial score (nSPS) is 14.4. The molecule has 92 valence electrons. The Labute approximate surface area is 99.5 Å². The van der Waals surface area contributed by atoms with Gasteiger partial charge in [-0.15, -0.1) is 0 Å². The van der Waals surface area contributed by atoms with Gasteiger partial charge in [0, 0.05) is 12.1 Å². The molecule has 1 heterocycles. The number of aliphatic hydroxyl groups is 1. The molecule has 1 aliphatic carbocycles. The Balaban J connectivity index is 1.99. The van der Waals surface area contributed by atoms with Crippen LogP contribution in [0.3, 0.4) is 0 Å². The largest absolute Gasteiger partial charge is 0.473 e. The second-order valence-electron chi connectivity index (χ2n) is 4.07. The van der Waals surface area contributed by atoms with Crippen molar-refractivity contribution in [2.75, 3.05) is 24.3 Å². The molecule has 2 rings (SSSR count). The summed E-state index contributed by atoms with van der Waals surface area (Å²) < 4.78 is 5.35. The SMILES string of the molecule is C=C(CO)COc1cc(NC2CC2)nc(N)n1. The van der Waals surface area contributed by atoms with E-state index in [4.69, 9.17) is 15.6 Å². The molecule has 0 aliphatic heterocycles. The molecule has 0 aromatic carbocycles. The highest BCUT2D eigenvalue weighted by Gasteiger charge is 2.21. The van der Waals surface area contributed by atoms with Crippen molar-refractivity contribution in [2.45, 2.75) is 18.9 Å². The van der Waals surface area contributed by atoms with Gasteiger partial charge in [-0.2, -0.15) is 9.97 Å². The average Bonchev–Trinajstić information content (AvgIpc) is 3.09. The average molecular weight is 236 g/mol. The maximum Gasteiger partial charge on any atom is 0.225 e. The Morgan fingerprint density at radius 2 is 2.35 bits per heavy atom. The van der Waals surface area contributed by atoms with Gasteiger partial charge in [0.15, 0.2) is 0 Å². The molecule has 1 saturated carbocycles. The van der Waals surface area contributed by atoms with Crippen LogP contribution in [0.1, 0.15) is 12.8 Å². The summed E-state index contributed by atoms with van der Waals surface area (Å²) in [4.78, 5) is 8.01. The predicted octanol–water partition coefficient (Wildman–Crippen LogP) is 0.560. The third kappa shape index (κ3) is 3.60. The van der Waals surface area contributed by atoms with Gasteiger partial charge in [-0.3, -0.25) is 0 Å². The number of nitrogens with two attached hydrogens (primary N) is 1. The number of aromatic nitrogens is 2. The van der Waals surface area contributed by atoms with E-state index in [-0.39, 0.29) is 19.2 Å². The van der Waals surface area contributed by atoms with E-state index in [0.717, 1.165) is 12.8 Å². The summed E-state index contributed by atoms with van der Waals surface area (Å²) in [6, 6.07) is 2.18. The van der Waals surface area contributed by atoms with Crippen LogP contribution in [0.15, 0.2) is 18.2 Å². The standard InChI is InChI=1S/C11H16N4O2/c1-7(5-16)6-17-10-4-9(13-8-2-3-8)14-11(12)15-10/h4,8,16H,1-3,5-6H2,(H3,12,13,14,15). The van der Waals surface area contributed by atoms with Gasteiger partial charge in [0.2, 0.25) is 11.8 Å². The topological polar surface area (TPSA) is 93.3 Å². The summed E-state index contributed by atoms with van der Waals surface area (Å²) in [5, 5.41) is 12.0. The summed E-state index contributed by atoms with van der Waals surface area (Å²) in [5.74, 6) is 1.22. The van der Waals surface area contributed by atoms with Crippen molar-refractivity contribution >= 4 is 11.8 Å². The first-order valence-electron chi connectivity index (χ1n) is 5.49. The number of nitrogen functional groups attached to an aromatic ring is 1. The molecule has 0 bridgehead atoms. The molecule has 17 heavy (non-hydrogen) atoms. The van der Waals surface area contributed by atoms with Gasteiger partial charge < -0.3 is 20.9 Å². The fourth-order valence-electron chi connectivity index (χ4n) is 1.25. The van der Waals surface area contributed by atoms with E-state index in [1.54, 1.807) is 6.07 Å². The Morgan fingerprint density at radius 1 is 1.59 bits per heavy atom. The Bertz CT molecular complexity index is 418. The summed E-state index contributed by atoms with van der Waals surface area (Å²) in [5.41, 5.74) is 6.16. The first-order valence-corrected chi connectivity index (χ1v) is 5.49. The molecule has 1 fully saturated rings. The smallest absolute Gasteiger partial charge is 0.225 e. The molecule has 6 nitrogen and oxygen atoms in total. The van der Waals surface area contributed by atoms with E-state index in [0.29, 0.717) is 23.3 Å². The first kappa shape index (κ1) is 11.7. The molecule has 6 heteroatoms. The minimum absolute atomic E-state index is 0.103. The number of aliphatic hydroxyl groups excluding tert-OH is 1. The number of nitrogens with one attached hydrogen (secondary N) is 1. The third-order valence-electron chi connectivity index (χ3n) is 2.30. The number of hydrogen-bond acceptors (Lipinski definition) is 6. The number of anilines is 2. The zero-order valence-corrected chi connectivity index (χ0v) is 9.52. The van der Waals surface area contributed by atoms with E-state index in [1.165, 1.54) is 0 Å². The summed E-state index contributed by atoms with van der Waals surface area (Å²) in [6.07, 6.45) is 2.31. The zero-order chi connectivity index (χ0) is 12.3. The second kappa shape index (κ2) is 5.01. The van der Waals surface area contributed by atoms with E-state index in [1.807, 2.05) is 0 Å². The van der Waals surface area contributed by atoms with Gasteiger partial charge in [0.25, 0.3) is 0 Å². The minimum atomic E-state index is -0.103. The molecular weight excluding hydrogens is 220 g/mol. The highest BCUT2D eigenvalue weighted by Crippen LogP contribution is 2.25. The summed E-state index contributed by atoms with van der Waals surface area (Å²) >= 11 is 0. The third-order valence-corrected chi connectivity index (χ3v) is 2.30. The van der Waals surface area contributed by atoms with Gasteiger partial charge in [-0.05, 0) is 18.4 Å². The molecule has 0 saturated heterocycles. The van der Waals surface area contributed by atoms with Crippen LogP contribution in [-0.2, 0) is 0 Å². The molecule has 0 radical (unpaired) electrons.